The van der Waals surface area contributed by atoms with Crippen molar-refractivity contribution in [3.8, 4) is 0 Å². The lowest BCUT2D eigenvalue weighted by Crippen LogP contribution is -2.32. The average Bonchev–Trinajstić information content (AvgIpc) is 2.01. The highest BCUT2D eigenvalue weighted by Gasteiger charge is 2.25. The predicted octanol–water partition coefficient (Wildman–Crippen LogP) is 2.20. The van der Waals surface area contributed by atoms with Gasteiger partial charge in [-0.25, -0.2) is 0 Å². The zero-order chi connectivity index (χ0) is 11.2. The lowest BCUT2D eigenvalue weighted by atomic mass is 10.1. The lowest BCUT2D eigenvalue weighted by Gasteiger charge is -2.16. The standard InChI is InChI=1S/C9H18F3NO/c1-7(2)8(3)14-5-4-13-6-9(10,11)12/h7-8,13H,4-6H2,1-3H3. The summed E-state index contributed by atoms with van der Waals surface area (Å²) in [5, 5.41) is 2.27. The summed E-state index contributed by atoms with van der Waals surface area (Å²) in [4.78, 5) is 0. The summed E-state index contributed by atoms with van der Waals surface area (Å²) in [6.45, 7) is 5.52. The first-order valence-electron chi connectivity index (χ1n) is 4.72. The van der Waals surface area contributed by atoms with Crippen molar-refractivity contribution < 1.29 is 17.9 Å². The van der Waals surface area contributed by atoms with Crippen molar-refractivity contribution in [1.82, 2.24) is 5.32 Å². The topological polar surface area (TPSA) is 21.3 Å². The molecule has 0 saturated heterocycles. The number of nitrogens with one attached hydrogen (secondary N) is 1. The lowest BCUT2D eigenvalue weighted by molar-refractivity contribution is -0.125. The zero-order valence-corrected chi connectivity index (χ0v) is 8.82. The van der Waals surface area contributed by atoms with Crippen molar-refractivity contribution in [3.63, 3.8) is 0 Å². The summed E-state index contributed by atoms with van der Waals surface area (Å²) in [6.07, 6.45) is -4.05. The van der Waals surface area contributed by atoms with Crippen LogP contribution in [0.1, 0.15) is 20.8 Å². The number of alkyl halides is 3. The zero-order valence-electron chi connectivity index (χ0n) is 8.82. The van der Waals surface area contributed by atoms with Crippen molar-refractivity contribution in [2.24, 2.45) is 5.92 Å². The molecule has 0 radical (unpaired) electrons. The van der Waals surface area contributed by atoms with Crippen LogP contribution in [0.4, 0.5) is 13.2 Å². The fourth-order valence-electron chi connectivity index (χ4n) is 0.740. The van der Waals surface area contributed by atoms with Gasteiger partial charge in [-0.05, 0) is 12.8 Å². The first-order valence-corrected chi connectivity index (χ1v) is 4.72. The SMILES string of the molecule is CC(C)C(C)OCCNCC(F)(F)F. The molecule has 0 aliphatic carbocycles. The maximum absolute atomic E-state index is 11.7. The molecule has 2 nitrogen and oxygen atoms in total. The van der Waals surface area contributed by atoms with Gasteiger partial charge in [0.15, 0.2) is 0 Å². The number of rotatable bonds is 6. The first kappa shape index (κ1) is 13.7. The van der Waals surface area contributed by atoms with Crippen LogP contribution in [0, 0.1) is 5.92 Å². The molecule has 0 heterocycles. The molecule has 0 fully saturated rings. The van der Waals surface area contributed by atoms with Crippen LogP contribution in [-0.2, 0) is 4.74 Å². The van der Waals surface area contributed by atoms with Gasteiger partial charge in [0.1, 0.15) is 0 Å². The maximum atomic E-state index is 11.7. The summed E-state index contributed by atoms with van der Waals surface area (Å²) in [7, 11) is 0. The Morgan fingerprint density at radius 3 is 2.21 bits per heavy atom. The molecule has 0 rings (SSSR count). The van der Waals surface area contributed by atoms with Crippen molar-refractivity contribution in [3.05, 3.63) is 0 Å². The quantitative estimate of drug-likeness (QED) is 0.683. The number of halogens is 3. The van der Waals surface area contributed by atoms with E-state index in [2.05, 4.69) is 5.32 Å². The predicted molar refractivity (Wildman–Crippen MR) is 49.2 cm³/mol. The monoisotopic (exact) mass is 213 g/mol. The number of hydrogen-bond acceptors (Lipinski definition) is 2. The van der Waals surface area contributed by atoms with E-state index < -0.39 is 12.7 Å². The average molecular weight is 213 g/mol. The van der Waals surface area contributed by atoms with Gasteiger partial charge in [-0.1, -0.05) is 13.8 Å². The molecule has 0 aliphatic heterocycles. The van der Waals surface area contributed by atoms with Crippen molar-refractivity contribution >= 4 is 0 Å². The van der Waals surface area contributed by atoms with E-state index in [1.807, 2.05) is 20.8 Å². The van der Waals surface area contributed by atoms with Crippen molar-refractivity contribution in [2.75, 3.05) is 19.7 Å². The van der Waals surface area contributed by atoms with E-state index in [4.69, 9.17) is 4.74 Å². The molecule has 0 saturated carbocycles. The fraction of sp³-hybridized carbons (Fsp3) is 1.00. The van der Waals surface area contributed by atoms with Crippen LogP contribution >= 0.6 is 0 Å². The fourth-order valence-corrected chi connectivity index (χ4v) is 0.740. The van der Waals surface area contributed by atoms with Gasteiger partial charge in [0.2, 0.25) is 0 Å². The maximum Gasteiger partial charge on any atom is 0.401 e. The Labute approximate surface area is 82.8 Å². The first-order chi connectivity index (χ1) is 6.33. The van der Waals surface area contributed by atoms with E-state index in [0.29, 0.717) is 12.5 Å². The highest BCUT2D eigenvalue weighted by Crippen LogP contribution is 2.11. The van der Waals surface area contributed by atoms with Gasteiger partial charge in [-0.15, -0.1) is 0 Å². The van der Waals surface area contributed by atoms with Gasteiger partial charge < -0.3 is 10.1 Å². The van der Waals surface area contributed by atoms with Crippen LogP contribution in [0.2, 0.25) is 0 Å². The molecular formula is C9H18F3NO. The molecule has 0 bridgehead atoms. The summed E-state index contributed by atoms with van der Waals surface area (Å²) in [6, 6.07) is 0. The molecule has 0 aromatic rings. The Kier molecular flexibility index (Phi) is 6.11. The molecule has 1 atom stereocenters. The van der Waals surface area contributed by atoms with Gasteiger partial charge in [0.25, 0.3) is 0 Å². The van der Waals surface area contributed by atoms with Gasteiger partial charge in [-0.3, -0.25) is 0 Å². The Balaban J connectivity index is 3.30. The van der Waals surface area contributed by atoms with E-state index >= 15 is 0 Å². The summed E-state index contributed by atoms with van der Waals surface area (Å²) in [5.74, 6) is 0.387. The van der Waals surface area contributed by atoms with Crippen LogP contribution in [0.15, 0.2) is 0 Å². The molecule has 1 N–H and O–H groups in total. The van der Waals surface area contributed by atoms with E-state index in [1.165, 1.54) is 0 Å². The van der Waals surface area contributed by atoms with Gasteiger partial charge >= 0.3 is 6.18 Å². The molecule has 0 aromatic heterocycles. The van der Waals surface area contributed by atoms with Crippen molar-refractivity contribution in [1.29, 1.82) is 0 Å². The minimum Gasteiger partial charge on any atom is -0.377 e. The Morgan fingerprint density at radius 1 is 1.21 bits per heavy atom. The number of hydrogen-bond donors (Lipinski definition) is 1. The molecule has 86 valence electrons. The van der Waals surface area contributed by atoms with Crippen LogP contribution in [-0.4, -0.2) is 32.0 Å². The smallest absolute Gasteiger partial charge is 0.377 e. The van der Waals surface area contributed by atoms with Crippen molar-refractivity contribution in [2.45, 2.75) is 33.1 Å². The van der Waals surface area contributed by atoms with Gasteiger partial charge in [0.05, 0.1) is 19.3 Å². The third-order valence-corrected chi connectivity index (χ3v) is 1.92. The third kappa shape index (κ3) is 8.31. The molecular weight excluding hydrogens is 195 g/mol. The van der Waals surface area contributed by atoms with E-state index in [9.17, 15) is 13.2 Å². The molecule has 0 spiro atoms. The Hall–Kier alpha value is -0.290. The second kappa shape index (κ2) is 6.24. The summed E-state index contributed by atoms with van der Waals surface area (Å²) < 4.78 is 40.3. The normalized spacial score (nSPS) is 14.8. The van der Waals surface area contributed by atoms with Crippen LogP contribution in [0.5, 0.6) is 0 Å². The van der Waals surface area contributed by atoms with E-state index in [1.54, 1.807) is 0 Å². The van der Waals surface area contributed by atoms with Crippen LogP contribution < -0.4 is 5.32 Å². The Morgan fingerprint density at radius 2 is 1.79 bits per heavy atom. The largest absolute Gasteiger partial charge is 0.401 e. The molecule has 0 amide bonds. The second-order valence-electron chi connectivity index (χ2n) is 3.61. The second-order valence-corrected chi connectivity index (χ2v) is 3.61. The molecule has 14 heavy (non-hydrogen) atoms. The Bertz CT molecular complexity index is 147. The summed E-state index contributed by atoms with van der Waals surface area (Å²) >= 11 is 0. The van der Waals surface area contributed by atoms with Crippen LogP contribution in [0.3, 0.4) is 0 Å². The summed E-state index contributed by atoms with van der Waals surface area (Å²) in [5.41, 5.74) is 0. The van der Waals surface area contributed by atoms with E-state index in [-0.39, 0.29) is 12.6 Å². The highest BCUT2D eigenvalue weighted by molar-refractivity contribution is 4.57. The van der Waals surface area contributed by atoms with Gasteiger partial charge in [-0.2, -0.15) is 13.2 Å². The minimum absolute atomic E-state index is 0.0858. The molecule has 0 aromatic carbocycles. The number of ether oxygens (including phenoxy) is 1. The van der Waals surface area contributed by atoms with Gasteiger partial charge in [0, 0.05) is 6.54 Å². The molecule has 5 heteroatoms. The molecule has 1 unspecified atom stereocenters. The minimum atomic E-state index is -4.14. The third-order valence-electron chi connectivity index (χ3n) is 1.92. The molecule has 0 aliphatic rings. The van der Waals surface area contributed by atoms with E-state index in [0.717, 1.165) is 0 Å². The highest BCUT2D eigenvalue weighted by atomic mass is 19.4. The van der Waals surface area contributed by atoms with Crippen LogP contribution in [0.25, 0.3) is 0 Å².